The van der Waals surface area contributed by atoms with Crippen molar-refractivity contribution in [1.82, 2.24) is 0 Å². The van der Waals surface area contributed by atoms with Crippen LogP contribution in [0.5, 0.6) is 5.75 Å². The second kappa shape index (κ2) is 9.62. The monoisotopic (exact) mass is 288 g/mol. The number of hydrogen-bond donors (Lipinski definition) is 0. The molecule has 2 rings (SSSR count). The lowest BCUT2D eigenvalue weighted by molar-refractivity contribution is -0.0868. The molecular weight excluding hydrogens is 260 g/mol. The third kappa shape index (κ3) is 6.34. The van der Waals surface area contributed by atoms with Gasteiger partial charge in [-0.05, 0) is 30.5 Å². The highest BCUT2D eigenvalue weighted by atomic mass is 16.7. The third-order valence-electron chi connectivity index (χ3n) is 4.00. The molecule has 0 aromatic heterocycles. The molecule has 1 fully saturated rings. The van der Waals surface area contributed by atoms with Crippen molar-refractivity contribution in [3.05, 3.63) is 36.4 Å². The third-order valence-corrected chi connectivity index (χ3v) is 4.00. The molecule has 0 bridgehead atoms. The van der Waals surface area contributed by atoms with E-state index in [-0.39, 0.29) is 6.29 Å². The van der Waals surface area contributed by atoms with E-state index in [1.807, 2.05) is 30.3 Å². The first-order valence-corrected chi connectivity index (χ1v) is 8.39. The predicted octanol–water partition coefficient (Wildman–Crippen LogP) is 5.58. The van der Waals surface area contributed by atoms with E-state index >= 15 is 0 Å². The summed E-state index contributed by atoms with van der Waals surface area (Å²) >= 11 is 0. The van der Waals surface area contributed by atoms with E-state index in [4.69, 9.17) is 9.47 Å². The highest BCUT2D eigenvalue weighted by molar-refractivity contribution is 5.49. The first-order valence-electron chi connectivity index (χ1n) is 8.39. The summed E-state index contributed by atoms with van der Waals surface area (Å²) in [5.41, 5.74) is 1.08. The maximum absolute atomic E-state index is 6.03. The van der Waals surface area contributed by atoms with Crippen molar-refractivity contribution in [2.24, 2.45) is 0 Å². The summed E-state index contributed by atoms with van der Waals surface area (Å²) in [7, 11) is 0. The lowest BCUT2D eigenvalue weighted by atomic mass is 10.1. The Morgan fingerprint density at radius 2 is 1.71 bits per heavy atom. The van der Waals surface area contributed by atoms with E-state index in [0.717, 1.165) is 30.8 Å². The Morgan fingerprint density at radius 3 is 2.48 bits per heavy atom. The van der Waals surface area contributed by atoms with E-state index in [2.05, 4.69) is 6.58 Å². The zero-order valence-corrected chi connectivity index (χ0v) is 13.1. The Labute approximate surface area is 129 Å². The molecule has 1 aliphatic heterocycles. The van der Waals surface area contributed by atoms with Gasteiger partial charge in [0, 0.05) is 6.42 Å². The molecule has 0 N–H and O–H groups in total. The van der Waals surface area contributed by atoms with Crippen LogP contribution in [-0.2, 0) is 4.74 Å². The fourth-order valence-corrected chi connectivity index (χ4v) is 2.73. The summed E-state index contributed by atoms with van der Waals surface area (Å²) in [5.74, 6) is 0.879. The van der Waals surface area contributed by atoms with Gasteiger partial charge in [0.25, 0.3) is 0 Å². The summed E-state index contributed by atoms with van der Waals surface area (Å²) < 4.78 is 12.0. The van der Waals surface area contributed by atoms with Gasteiger partial charge in [0.15, 0.2) is 6.29 Å². The van der Waals surface area contributed by atoms with Crippen molar-refractivity contribution in [1.29, 1.82) is 0 Å². The van der Waals surface area contributed by atoms with Crippen molar-refractivity contribution in [2.75, 3.05) is 6.61 Å². The molecule has 1 unspecified atom stereocenters. The molecule has 0 spiro atoms. The summed E-state index contributed by atoms with van der Waals surface area (Å²) in [6.07, 6.45) is 13.1. The number of hydrogen-bond acceptors (Lipinski definition) is 2. The number of benzene rings is 1. The summed E-state index contributed by atoms with van der Waals surface area (Å²) in [6.45, 7) is 4.61. The molecule has 116 valence electrons. The molecule has 0 amide bonds. The Kier molecular flexibility index (Phi) is 7.37. The minimum atomic E-state index is -0.107. The maximum atomic E-state index is 6.03. The standard InChI is InChI=1S/C19H28O2/c1-2-17-12-11-13-18(16-17)21-19-14-9-7-5-3-4-6-8-10-15-20-19/h2,11-13,16,19H,1,3-10,14-15H2. The van der Waals surface area contributed by atoms with Crippen LogP contribution in [-0.4, -0.2) is 12.9 Å². The maximum Gasteiger partial charge on any atom is 0.199 e. The molecule has 0 radical (unpaired) electrons. The normalized spacial score (nSPS) is 21.8. The molecular formula is C19H28O2. The molecule has 1 heterocycles. The van der Waals surface area contributed by atoms with Gasteiger partial charge in [-0.3, -0.25) is 0 Å². The average molecular weight is 288 g/mol. The lowest BCUT2D eigenvalue weighted by Crippen LogP contribution is -2.21. The molecule has 1 aliphatic rings. The average Bonchev–Trinajstić information content (AvgIpc) is 2.50. The Morgan fingerprint density at radius 1 is 1.00 bits per heavy atom. The summed E-state index contributed by atoms with van der Waals surface area (Å²) in [6, 6.07) is 8.04. The quantitative estimate of drug-likeness (QED) is 0.723. The van der Waals surface area contributed by atoms with Gasteiger partial charge in [0.1, 0.15) is 5.75 Å². The van der Waals surface area contributed by atoms with Crippen LogP contribution in [0.3, 0.4) is 0 Å². The van der Waals surface area contributed by atoms with Crippen LogP contribution < -0.4 is 4.74 Å². The lowest BCUT2D eigenvalue weighted by Gasteiger charge is -2.20. The van der Waals surface area contributed by atoms with E-state index in [9.17, 15) is 0 Å². The summed E-state index contributed by atoms with van der Waals surface area (Å²) in [4.78, 5) is 0. The van der Waals surface area contributed by atoms with Gasteiger partial charge in [-0.1, -0.05) is 63.3 Å². The second-order valence-electron chi connectivity index (χ2n) is 5.81. The van der Waals surface area contributed by atoms with Crippen LogP contribution in [0.2, 0.25) is 0 Å². The van der Waals surface area contributed by atoms with E-state index in [1.165, 1.54) is 44.9 Å². The fraction of sp³-hybridized carbons (Fsp3) is 0.579. The Balaban J connectivity index is 1.88. The van der Waals surface area contributed by atoms with Crippen LogP contribution in [0.4, 0.5) is 0 Å². The second-order valence-corrected chi connectivity index (χ2v) is 5.81. The minimum Gasteiger partial charge on any atom is -0.465 e. The van der Waals surface area contributed by atoms with Crippen molar-refractivity contribution in [3.63, 3.8) is 0 Å². The highest BCUT2D eigenvalue weighted by Gasteiger charge is 2.11. The highest BCUT2D eigenvalue weighted by Crippen LogP contribution is 2.20. The van der Waals surface area contributed by atoms with Gasteiger partial charge in [-0.25, -0.2) is 0 Å². The first-order chi connectivity index (χ1) is 10.4. The molecule has 2 heteroatoms. The van der Waals surface area contributed by atoms with Crippen LogP contribution in [0.1, 0.15) is 63.4 Å². The summed E-state index contributed by atoms with van der Waals surface area (Å²) in [5, 5.41) is 0. The van der Waals surface area contributed by atoms with Crippen molar-refractivity contribution < 1.29 is 9.47 Å². The van der Waals surface area contributed by atoms with Crippen LogP contribution in [0.15, 0.2) is 30.8 Å². The predicted molar refractivity (Wildman–Crippen MR) is 88.5 cm³/mol. The van der Waals surface area contributed by atoms with Gasteiger partial charge in [-0.15, -0.1) is 0 Å². The van der Waals surface area contributed by atoms with Crippen molar-refractivity contribution in [2.45, 2.75) is 64.1 Å². The van der Waals surface area contributed by atoms with Gasteiger partial charge in [0.2, 0.25) is 0 Å². The van der Waals surface area contributed by atoms with Crippen molar-refractivity contribution in [3.8, 4) is 5.75 Å². The minimum absolute atomic E-state index is 0.107. The molecule has 1 atom stereocenters. The van der Waals surface area contributed by atoms with E-state index in [0.29, 0.717) is 0 Å². The first kappa shape index (κ1) is 16.1. The molecule has 1 aromatic rings. The Hall–Kier alpha value is -1.28. The topological polar surface area (TPSA) is 18.5 Å². The molecule has 0 saturated carbocycles. The van der Waals surface area contributed by atoms with Gasteiger partial charge < -0.3 is 9.47 Å². The van der Waals surface area contributed by atoms with Gasteiger partial charge in [-0.2, -0.15) is 0 Å². The van der Waals surface area contributed by atoms with Crippen LogP contribution in [0, 0.1) is 0 Å². The number of rotatable bonds is 3. The van der Waals surface area contributed by atoms with Crippen LogP contribution in [0.25, 0.3) is 6.08 Å². The largest absolute Gasteiger partial charge is 0.465 e. The zero-order valence-electron chi connectivity index (χ0n) is 13.1. The van der Waals surface area contributed by atoms with E-state index < -0.39 is 0 Å². The van der Waals surface area contributed by atoms with Crippen LogP contribution >= 0.6 is 0 Å². The molecule has 21 heavy (non-hydrogen) atoms. The van der Waals surface area contributed by atoms with E-state index in [1.54, 1.807) is 0 Å². The Bertz CT molecular complexity index is 402. The molecule has 0 aliphatic carbocycles. The molecule has 2 nitrogen and oxygen atoms in total. The fourth-order valence-electron chi connectivity index (χ4n) is 2.73. The SMILES string of the molecule is C=Cc1cccc(OC2CCCCCCCCCCO2)c1. The van der Waals surface area contributed by atoms with Gasteiger partial charge >= 0.3 is 0 Å². The molecule has 1 aromatic carbocycles. The van der Waals surface area contributed by atoms with Gasteiger partial charge in [0.05, 0.1) is 6.61 Å². The smallest absolute Gasteiger partial charge is 0.199 e. The zero-order chi connectivity index (χ0) is 14.8. The number of ether oxygens (including phenoxy) is 2. The van der Waals surface area contributed by atoms with Crippen molar-refractivity contribution >= 4 is 6.08 Å². The molecule has 1 saturated heterocycles.